The highest BCUT2D eigenvalue weighted by Gasteiger charge is 2.60. The van der Waals surface area contributed by atoms with Gasteiger partial charge < -0.3 is 20.6 Å². The Morgan fingerprint density at radius 1 is 0.750 bits per heavy atom. The molecule has 1 unspecified atom stereocenters. The molecule has 10 heteroatoms. The third kappa shape index (κ3) is 7.63. The molecular formula is C26H50N4O6. The highest BCUT2D eigenvalue weighted by atomic mass is 16.4. The number of carboxylic acid groups (broad SMARTS) is 3. The fourth-order valence-electron chi connectivity index (χ4n) is 6.30. The average molecular weight is 515 g/mol. The van der Waals surface area contributed by atoms with E-state index in [0.717, 1.165) is 0 Å². The molecule has 0 aromatic heterocycles. The van der Waals surface area contributed by atoms with Crippen molar-refractivity contribution in [2.24, 2.45) is 16.2 Å². The van der Waals surface area contributed by atoms with Gasteiger partial charge in [-0.05, 0) is 16.2 Å². The van der Waals surface area contributed by atoms with Crippen molar-refractivity contribution in [2.45, 2.75) is 73.9 Å². The molecule has 1 rings (SSSR count). The number of nitrogens with one attached hydrogen (secondary N) is 1. The maximum Gasteiger partial charge on any atom is 0.325 e. The molecule has 36 heavy (non-hydrogen) atoms. The summed E-state index contributed by atoms with van der Waals surface area (Å²) in [7, 11) is 0. The molecule has 1 heterocycles. The lowest BCUT2D eigenvalue weighted by Crippen LogP contribution is -2.71. The average Bonchev–Trinajstić information content (AvgIpc) is 2.63. The largest absolute Gasteiger partial charge is 0.480 e. The first-order valence-electron chi connectivity index (χ1n) is 12.9. The summed E-state index contributed by atoms with van der Waals surface area (Å²) in [5.74, 6) is -2.75. The van der Waals surface area contributed by atoms with Gasteiger partial charge in [0.05, 0.1) is 6.54 Å². The van der Waals surface area contributed by atoms with E-state index in [0.29, 0.717) is 52.4 Å². The lowest BCUT2D eigenvalue weighted by Gasteiger charge is -2.56. The normalized spacial score (nSPS) is 20.2. The van der Waals surface area contributed by atoms with Crippen LogP contribution in [0.1, 0.15) is 62.3 Å². The van der Waals surface area contributed by atoms with Crippen LogP contribution in [0.3, 0.4) is 0 Å². The Morgan fingerprint density at radius 3 is 1.67 bits per heavy atom. The fraction of sp³-hybridized carbons (Fsp3) is 0.885. The molecule has 0 spiro atoms. The molecule has 4 N–H and O–H groups in total. The lowest BCUT2D eigenvalue weighted by atomic mass is 9.59. The summed E-state index contributed by atoms with van der Waals surface area (Å²) in [6.07, 6.45) is 0. The molecule has 0 saturated carbocycles. The molecule has 1 fully saturated rings. The molecule has 1 saturated heterocycles. The quantitative estimate of drug-likeness (QED) is 0.417. The summed E-state index contributed by atoms with van der Waals surface area (Å²) in [6.45, 7) is 20.7. The van der Waals surface area contributed by atoms with E-state index < -0.39 is 45.7 Å². The molecule has 0 bridgehead atoms. The van der Waals surface area contributed by atoms with E-state index in [9.17, 15) is 29.7 Å². The molecule has 1 aliphatic heterocycles. The minimum Gasteiger partial charge on any atom is -0.480 e. The summed E-state index contributed by atoms with van der Waals surface area (Å²) in [4.78, 5) is 42.6. The summed E-state index contributed by atoms with van der Waals surface area (Å²) in [5, 5.41) is 33.6. The molecule has 0 aliphatic carbocycles. The molecular weight excluding hydrogens is 464 g/mol. The first-order chi connectivity index (χ1) is 16.3. The van der Waals surface area contributed by atoms with Gasteiger partial charge in [0.2, 0.25) is 0 Å². The lowest BCUT2D eigenvalue weighted by molar-refractivity contribution is -0.176. The first-order valence-corrected chi connectivity index (χ1v) is 12.9. The van der Waals surface area contributed by atoms with Gasteiger partial charge in [-0.15, -0.1) is 0 Å². The van der Waals surface area contributed by atoms with Crippen LogP contribution in [-0.4, -0.2) is 118 Å². The molecule has 1 aliphatic rings. The van der Waals surface area contributed by atoms with Gasteiger partial charge in [-0.25, -0.2) is 0 Å². The zero-order valence-corrected chi connectivity index (χ0v) is 23.8. The SMILES string of the molecule is CC(C)(C)C(C(=O)O)N1CCN(CC(=O)O)CCNCCN(C(C(=O)O)(C(C)(C)C)C(C)(C)C)CC1. The van der Waals surface area contributed by atoms with Gasteiger partial charge >= 0.3 is 17.9 Å². The van der Waals surface area contributed by atoms with E-state index in [1.54, 1.807) is 0 Å². The van der Waals surface area contributed by atoms with Gasteiger partial charge in [-0.3, -0.25) is 29.1 Å². The van der Waals surface area contributed by atoms with Crippen LogP contribution in [0, 0.1) is 16.2 Å². The van der Waals surface area contributed by atoms with E-state index >= 15 is 0 Å². The number of nitrogens with zero attached hydrogens (tertiary/aromatic N) is 3. The predicted octanol–water partition coefficient (Wildman–Crippen LogP) is 2.00. The fourth-order valence-corrected chi connectivity index (χ4v) is 6.30. The van der Waals surface area contributed by atoms with Crippen LogP contribution < -0.4 is 5.32 Å². The monoisotopic (exact) mass is 514 g/mol. The smallest absolute Gasteiger partial charge is 0.325 e. The van der Waals surface area contributed by atoms with Gasteiger partial charge in [0, 0.05) is 52.4 Å². The Bertz CT molecular complexity index is 752. The van der Waals surface area contributed by atoms with E-state index in [1.165, 1.54) is 0 Å². The highest BCUT2D eigenvalue weighted by molar-refractivity contribution is 5.81. The third-order valence-corrected chi connectivity index (χ3v) is 7.26. The Balaban J connectivity index is 3.55. The maximum absolute atomic E-state index is 13.1. The maximum atomic E-state index is 13.1. The van der Waals surface area contributed by atoms with Gasteiger partial charge in [-0.1, -0.05) is 62.3 Å². The number of hydrogen-bond donors (Lipinski definition) is 4. The molecule has 210 valence electrons. The standard InChI is InChI=1S/C26H50N4O6/c1-23(2,3)20(21(33)34)29-15-14-28(18-19(31)32)12-10-27-11-13-30(17-16-29)26(22(35)36,24(4,5)6)25(7,8)9/h20,27H,10-18H2,1-9H3,(H,31,32)(H,33,34)(H,35,36). The van der Waals surface area contributed by atoms with Crippen LogP contribution in [0.15, 0.2) is 0 Å². The van der Waals surface area contributed by atoms with Crippen LogP contribution in [-0.2, 0) is 14.4 Å². The Kier molecular flexibility index (Phi) is 10.9. The Labute approximate surface area is 217 Å². The van der Waals surface area contributed by atoms with Gasteiger partial charge in [0.25, 0.3) is 0 Å². The Hall–Kier alpha value is -1.75. The topological polar surface area (TPSA) is 134 Å². The van der Waals surface area contributed by atoms with Crippen molar-refractivity contribution in [3.05, 3.63) is 0 Å². The van der Waals surface area contributed by atoms with Crippen molar-refractivity contribution in [3.63, 3.8) is 0 Å². The Morgan fingerprint density at radius 2 is 1.25 bits per heavy atom. The van der Waals surface area contributed by atoms with Crippen molar-refractivity contribution in [1.29, 1.82) is 0 Å². The molecule has 0 amide bonds. The number of rotatable bonds is 6. The zero-order chi connectivity index (χ0) is 28.1. The molecule has 0 aromatic carbocycles. The van der Waals surface area contributed by atoms with Crippen molar-refractivity contribution < 1.29 is 29.7 Å². The van der Waals surface area contributed by atoms with Gasteiger partial charge in [-0.2, -0.15) is 0 Å². The van der Waals surface area contributed by atoms with Crippen LogP contribution >= 0.6 is 0 Å². The molecule has 0 radical (unpaired) electrons. The van der Waals surface area contributed by atoms with Gasteiger partial charge in [0.1, 0.15) is 11.6 Å². The van der Waals surface area contributed by atoms with E-state index in [1.807, 2.05) is 77.0 Å². The zero-order valence-electron chi connectivity index (χ0n) is 23.8. The number of hydrogen-bond acceptors (Lipinski definition) is 7. The van der Waals surface area contributed by atoms with Crippen LogP contribution in [0.25, 0.3) is 0 Å². The predicted molar refractivity (Wildman–Crippen MR) is 140 cm³/mol. The van der Waals surface area contributed by atoms with Gasteiger partial charge in [0.15, 0.2) is 0 Å². The van der Waals surface area contributed by atoms with Crippen molar-refractivity contribution >= 4 is 17.9 Å². The first kappa shape index (κ1) is 32.3. The summed E-state index contributed by atoms with van der Waals surface area (Å²) in [6, 6.07) is -0.810. The van der Waals surface area contributed by atoms with E-state index in [-0.39, 0.29) is 6.54 Å². The highest BCUT2D eigenvalue weighted by Crippen LogP contribution is 2.48. The second-order valence-corrected chi connectivity index (χ2v) is 13.1. The number of carboxylic acids is 3. The summed E-state index contributed by atoms with van der Waals surface area (Å²) < 4.78 is 0. The number of aliphatic carboxylic acids is 3. The summed E-state index contributed by atoms with van der Waals surface area (Å²) >= 11 is 0. The van der Waals surface area contributed by atoms with Crippen molar-refractivity contribution in [2.75, 3.05) is 58.9 Å². The van der Waals surface area contributed by atoms with Crippen LogP contribution in [0.5, 0.6) is 0 Å². The minimum absolute atomic E-state index is 0.120. The third-order valence-electron chi connectivity index (χ3n) is 7.26. The van der Waals surface area contributed by atoms with Crippen molar-refractivity contribution in [1.82, 2.24) is 20.0 Å². The molecule has 1 atom stereocenters. The van der Waals surface area contributed by atoms with E-state index in [4.69, 9.17) is 0 Å². The second kappa shape index (κ2) is 12.2. The molecule has 0 aromatic rings. The molecule has 10 nitrogen and oxygen atoms in total. The number of carbonyl (C=O) groups is 3. The minimum atomic E-state index is -1.22. The van der Waals surface area contributed by atoms with E-state index in [2.05, 4.69) is 5.32 Å². The second-order valence-electron chi connectivity index (χ2n) is 13.1. The van der Waals surface area contributed by atoms with Crippen LogP contribution in [0.4, 0.5) is 0 Å². The summed E-state index contributed by atoms with van der Waals surface area (Å²) in [5.41, 5.74) is -3.03. The van der Waals surface area contributed by atoms with Crippen molar-refractivity contribution in [3.8, 4) is 0 Å². The van der Waals surface area contributed by atoms with Crippen LogP contribution in [0.2, 0.25) is 0 Å².